The molecular weight excluding hydrogens is 525 g/mol. The van der Waals surface area contributed by atoms with Gasteiger partial charge in [0.05, 0.1) is 23.1 Å². The number of nitrogens with zero attached hydrogens (tertiary/aromatic N) is 4. The van der Waals surface area contributed by atoms with Crippen molar-refractivity contribution in [2.75, 3.05) is 17.7 Å². The Balaban J connectivity index is 1.34. The molecule has 1 amide bonds. The maximum Gasteiger partial charge on any atom is 0.236 e. The molecule has 0 radical (unpaired) electrons. The minimum absolute atomic E-state index is 0.171. The molecule has 0 saturated carbocycles. The first-order chi connectivity index (χ1) is 16.8. The van der Waals surface area contributed by atoms with Crippen LogP contribution in [0.1, 0.15) is 13.8 Å². The zero-order valence-corrected chi connectivity index (χ0v) is 22.4. The number of carbonyl (C=O) groups is 1. The number of ether oxygens (including phenoxy) is 1. The van der Waals surface area contributed by atoms with Gasteiger partial charge in [-0.15, -0.1) is 21.5 Å². The van der Waals surface area contributed by atoms with E-state index in [1.54, 1.807) is 18.2 Å². The van der Waals surface area contributed by atoms with Crippen LogP contribution in [0.5, 0.6) is 5.75 Å². The molecule has 0 spiro atoms. The van der Waals surface area contributed by atoms with Gasteiger partial charge in [0.2, 0.25) is 5.91 Å². The molecule has 2 aromatic heterocycles. The average Bonchev–Trinajstić information content (AvgIpc) is 3.43. The summed E-state index contributed by atoms with van der Waals surface area (Å²) in [4.78, 5) is 17.0. The van der Waals surface area contributed by atoms with E-state index < -0.39 is 0 Å². The molecule has 0 fully saturated rings. The van der Waals surface area contributed by atoms with Crippen LogP contribution < -0.4 is 10.1 Å². The molecule has 1 N–H and O–H groups in total. The zero-order chi connectivity index (χ0) is 24.9. The number of hydrogen-bond donors (Lipinski definition) is 1. The largest absolute Gasteiger partial charge is 0.493 e. The predicted molar refractivity (Wildman–Crippen MR) is 144 cm³/mol. The highest BCUT2D eigenvalue weighted by atomic mass is 35.5. The quantitative estimate of drug-likeness (QED) is 0.235. The average molecular weight is 549 g/mol. The molecule has 35 heavy (non-hydrogen) atoms. The molecule has 0 bridgehead atoms. The first-order valence-corrected chi connectivity index (χ1v) is 13.4. The van der Waals surface area contributed by atoms with E-state index in [2.05, 4.69) is 34.3 Å². The highest BCUT2D eigenvalue weighted by Crippen LogP contribution is 2.32. The van der Waals surface area contributed by atoms with Gasteiger partial charge in [0, 0.05) is 28.6 Å². The molecule has 4 rings (SSSR count). The van der Waals surface area contributed by atoms with E-state index in [0.717, 1.165) is 16.9 Å². The molecule has 4 aromatic rings. The van der Waals surface area contributed by atoms with Gasteiger partial charge in [0.1, 0.15) is 5.75 Å². The first kappa shape index (κ1) is 25.5. The first-order valence-electron chi connectivity index (χ1n) is 10.8. The third-order valence-corrected chi connectivity index (χ3v) is 7.15. The Hall–Kier alpha value is -2.59. The number of halogens is 2. The van der Waals surface area contributed by atoms with Crippen molar-refractivity contribution >= 4 is 57.3 Å². The SMILES string of the molecule is CC(C)COc1ccc(-c2nnc(SCC(=O)Nc3nc(-c4ccc(Cl)cc4Cl)cs3)n2C)cc1. The predicted octanol–water partition coefficient (Wildman–Crippen LogP) is 6.68. The van der Waals surface area contributed by atoms with E-state index >= 15 is 0 Å². The summed E-state index contributed by atoms with van der Waals surface area (Å²) < 4.78 is 7.60. The van der Waals surface area contributed by atoms with E-state index in [9.17, 15) is 4.79 Å². The molecule has 2 aromatic carbocycles. The summed E-state index contributed by atoms with van der Waals surface area (Å²) in [6, 6.07) is 13.0. The van der Waals surface area contributed by atoms with Gasteiger partial charge in [-0.1, -0.05) is 48.8 Å². The Morgan fingerprint density at radius 2 is 1.94 bits per heavy atom. The summed E-state index contributed by atoms with van der Waals surface area (Å²) in [7, 11) is 1.88. The van der Waals surface area contributed by atoms with Crippen molar-refractivity contribution in [1.82, 2.24) is 19.7 Å². The second kappa shape index (κ2) is 11.4. The van der Waals surface area contributed by atoms with Gasteiger partial charge in [-0.2, -0.15) is 0 Å². The molecule has 11 heteroatoms. The molecule has 0 aliphatic carbocycles. The van der Waals surface area contributed by atoms with Crippen LogP contribution in [-0.2, 0) is 11.8 Å². The lowest BCUT2D eigenvalue weighted by Gasteiger charge is -2.09. The number of thioether (sulfide) groups is 1. The molecule has 0 aliphatic heterocycles. The molecule has 182 valence electrons. The van der Waals surface area contributed by atoms with E-state index in [-0.39, 0.29) is 11.7 Å². The van der Waals surface area contributed by atoms with E-state index in [1.165, 1.54) is 23.1 Å². The van der Waals surface area contributed by atoms with Crippen molar-refractivity contribution in [1.29, 1.82) is 0 Å². The number of rotatable bonds is 9. The van der Waals surface area contributed by atoms with E-state index in [0.29, 0.717) is 44.4 Å². The Morgan fingerprint density at radius 3 is 2.66 bits per heavy atom. The third-order valence-electron chi connectivity index (χ3n) is 4.82. The minimum atomic E-state index is -0.186. The molecular formula is C24H23Cl2N5O2S2. The normalized spacial score (nSPS) is 11.1. The number of hydrogen-bond acceptors (Lipinski definition) is 7. The number of aromatic nitrogens is 4. The summed E-state index contributed by atoms with van der Waals surface area (Å²) in [5.74, 6) is 1.98. The van der Waals surface area contributed by atoms with Gasteiger partial charge in [0.15, 0.2) is 16.1 Å². The maximum atomic E-state index is 12.5. The van der Waals surface area contributed by atoms with Crippen LogP contribution in [0.15, 0.2) is 53.0 Å². The van der Waals surface area contributed by atoms with Crippen LogP contribution in [0.4, 0.5) is 5.13 Å². The summed E-state index contributed by atoms with van der Waals surface area (Å²) in [5, 5.41) is 15.4. The minimum Gasteiger partial charge on any atom is -0.493 e. The summed E-state index contributed by atoms with van der Waals surface area (Å²) in [6.45, 7) is 4.89. The monoisotopic (exact) mass is 547 g/mol. The number of benzene rings is 2. The van der Waals surface area contributed by atoms with Gasteiger partial charge in [-0.05, 0) is 48.4 Å². The third kappa shape index (κ3) is 6.55. The fraction of sp³-hybridized carbons (Fsp3) is 0.250. The molecule has 7 nitrogen and oxygen atoms in total. The Labute approximate surface area is 221 Å². The zero-order valence-electron chi connectivity index (χ0n) is 19.3. The molecule has 0 unspecified atom stereocenters. The number of amides is 1. The van der Waals surface area contributed by atoms with Gasteiger partial charge in [-0.25, -0.2) is 4.98 Å². The van der Waals surface area contributed by atoms with Gasteiger partial charge in [0.25, 0.3) is 0 Å². The number of carbonyl (C=O) groups excluding carboxylic acids is 1. The van der Waals surface area contributed by atoms with Gasteiger partial charge >= 0.3 is 0 Å². The second-order valence-corrected chi connectivity index (χ2v) is 10.7. The van der Waals surface area contributed by atoms with Gasteiger partial charge in [-0.3, -0.25) is 4.79 Å². The van der Waals surface area contributed by atoms with E-state index in [4.69, 9.17) is 27.9 Å². The highest BCUT2D eigenvalue weighted by molar-refractivity contribution is 7.99. The van der Waals surface area contributed by atoms with Crippen LogP contribution in [0, 0.1) is 5.92 Å². The fourth-order valence-electron chi connectivity index (χ4n) is 3.09. The van der Waals surface area contributed by atoms with Crippen LogP contribution >= 0.6 is 46.3 Å². The maximum absolute atomic E-state index is 12.5. The molecule has 0 atom stereocenters. The summed E-state index contributed by atoms with van der Waals surface area (Å²) in [6.07, 6.45) is 0. The lowest BCUT2D eigenvalue weighted by atomic mass is 10.2. The Bertz CT molecular complexity index is 1320. The Morgan fingerprint density at radius 1 is 1.17 bits per heavy atom. The standard InChI is InChI=1S/C24H23Cl2N5O2S2/c1-14(2)11-33-17-7-4-15(5-8-17)22-29-30-24(31(22)3)35-13-21(32)28-23-27-20(12-34-23)18-9-6-16(25)10-19(18)26/h4-10,12,14H,11,13H2,1-3H3,(H,27,28,32). The van der Waals surface area contributed by atoms with Crippen LogP contribution in [0.25, 0.3) is 22.6 Å². The topological polar surface area (TPSA) is 81.9 Å². The van der Waals surface area contributed by atoms with Crippen molar-refractivity contribution in [3.8, 4) is 28.4 Å². The summed E-state index contributed by atoms with van der Waals surface area (Å²) >= 11 is 14.9. The van der Waals surface area contributed by atoms with Crippen molar-refractivity contribution in [3.05, 3.63) is 57.9 Å². The molecule has 0 saturated heterocycles. The smallest absolute Gasteiger partial charge is 0.236 e. The number of anilines is 1. The molecule has 2 heterocycles. The number of thiazole rings is 1. The summed E-state index contributed by atoms with van der Waals surface area (Å²) in [5.41, 5.74) is 2.36. The lowest BCUT2D eigenvalue weighted by molar-refractivity contribution is -0.113. The van der Waals surface area contributed by atoms with Crippen molar-refractivity contribution < 1.29 is 9.53 Å². The van der Waals surface area contributed by atoms with Crippen molar-refractivity contribution in [2.24, 2.45) is 13.0 Å². The Kier molecular flexibility index (Phi) is 8.33. The number of nitrogens with one attached hydrogen (secondary N) is 1. The molecule has 0 aliphatic rings. The van der Waals surface area contributed by atoms with Crippen LogP contribution in [0.3, 0.4) is 0 Å². The van der Waals surface area contributed by atoms with E-state index in [1.807, 2.05) is 41.3 Å². The lowest BCUT2D eigenvalue weighted by Crippen LogP contribution is -2.14. The second-order valence-electron chi connectivity index (χ2n) is 8.09. The van der Waals surface area contributed by atoms with Crippen molar-refractivity contribution in [2.45, 2.75) is 19.0 Å². The van der Waals surface area contributed by atoms with Gasteiger partial charge < -0.3 is 14.6 Å². The van der Waals surface area contributed by atoms with Crippen LogP contribution in [-0.4, -0.2) is 38.0 Å². The van der Waals surface area contributed by atoms with Crippen LogP contribution in [0.2, 0.25) is 10.0 Å². The van der Waals surface area contributed by atoms with Crippen molar-refractivity contribution in [3.63, 3.8) is 0 Å². The highest BCUT2D eigenvalue weighted by Gasteiger charge is 2.15. The fourth-order valence-corrected chi connectivity index (χ4v) is 5.04.